The Labute approximate surface area is 80.2 Å². The zero-order valence-electron chi connectivity index (χ0n) is 7.33. The van der Waals surface area contributed by atoms with Crippen LogP contribution in [-0.4, -0.2) is 17.3 Å². The van der Waals surface area contributed by atoms with Crippen molar-refractivity contribution in [1.82, 2.24) is 0 Å². The zero-order chi connectivity index (χ0) is 10.3. The summed E-state index contributed by atoms with van der Waals surface area (Å²) in [7, 11) is 0. The van der Waals surface area contributed by atoms with Crippen molar-refractivity contribution in [1.29, 1.82) is 5.41 Å². The van der Waals surface area contributed by atoms with Crippen molar-refractivity contribution in [2.24, 2.45) is 0 Å². The van der Waals surface area contributed by atoms with Crippen LogP contribution in [-0.2, 0) is 0 Å². The first kappa shape index (κ1) is 8.62. The highest BCUT2D eigenvalue weighted by molar-refractivity contribution is 6.52. The fourth-order valence-electron chi connectivity index (χ4n) is 1.56. The van der Waals surface area contributed by atoms with E-state index >= 15 is 0 Å². The van der Waals surface area contributed by atoms with Crippen LogP contribution in [0.2, 0.25) is 0 Å². The van der Waals surface area contributed by atoms with E-state index < -0.39 is 5.78 Å². The molecule has 1 aromatic carbocycles. The number of rotatable bonds is 0. The quantitative estimate of drug-likeness (QED) is 0.597. The third-order valence-corrected chi connectivity index (χ3v) is 2.23. The Morgan fingerprint density at radius 3 is 2.71 bits per heavy atom. The minimum absolute atomic E-state index is 0.139. The Balaban J connectivity index is 2.73. The van der Waals surface area contributed by atoms with Crippen molar-refractivity contribution in [3.05, 3.63) is 29.3 Å². The molecule has 3 N–H and O–H groups in total. The molecule has 0 spiro atoms. The lowest BCUT2D eigenvalue weighted by Crippen LogP contribution is -2.27. The number of Topliss-reactive ketones (excluding diaryl/α,β-unsaturated/α-hetero) is 2. The van der Waals surface area contributed by atoms with Gasteiger partial charge >= 0.3 is 0 Å². The fraction of sp³-hybridized carbons (Fsp3) is 0.100. The van der Waals surface area contributed by atoms with E-state index in [1.54, 1.807) is 12.1 Å². The lowest BCUT2D eigenvalue weighted by atomic mass is 9.87. The van der Waals surface area contributed by atoms with E-state index in [2.05, 4.69) is 0 Å². The van der Waals surface area contributed by atoms with E-state index in [1.165, 1.54) is 6.07 Å². The highest BCUT2D eigenvalue weighted by Crippen LogP contribution is 2.24. The van der Waals surface area contributed by atoms with E-state index in [1.807, 2.05) is 0 Å². The molecule has 1 aliphatic carbocycles. The molecule has 0 aliphatic heterocycles. The number of carbonyl (C=O) groups excluding carboxylic acids is 2. The van der Waals surface area contributed by atoms with Gasteiger partial charge in [-0.25, -0.2) is 0 Å². The number of fused-ring (bicyclic) bond motifs is 1. The molecule has 0 unspecified atom stereocenters. The summed E-state index contributed by atoms with van der Waals surface area (Å²) >= 11 is 0. The number of hydrogen-bond donors (Lipinski definition) is 2. The molecule has 0 fully saturated rings. The molecule has 0 radical (unpaired) electrons. The summed E-state index contributed by atoms with van der Waals surface area (Å²) < 4.78 is 0. The van der Waals surface area contributed by atoms with Gasteiger partial charge in [0.15, 0.2) is 5.78 Å². The highest BCUT2D eigenvalue weighted by atomic mass is 16.1. The monoisotopic (exact) mass is 188 g/mol. The largest absolute Gasteiger partial charge is 0.398 e. The second kappa shape index (κ2) is 2.77. The summed E-state index contributed by atoms with van der Waals surface area (Å²) in [6.07, 6.45) is -0.139. The van der Waals surface area contributed by atoms with Crippen LogP contribution in [0, 0.1) is 5.41 Å². The van der Waals surface area contributed by atoms with Crippen molar-refractivity contribution in [3.8, 4) is 0 Å². The zero-order valence-corrected chi connectivity index (χ0v) is 7.33. The van der Waals surface area contributed by atoms with Gasteiger partial charge in [0.05, 0.1) is 17.7 Å². The number of hydrogen-bond acceptors (Lipinski definition) is 4. The summed E-state index contributed by atoms with van der Waals surface area (Å²) in [5.41, 5.74) is 6.28. The van der Waals surface area contributed by atoms with Gasteiger partial charge in [-0.05, 0) is 6.07 Å². The third kappa shape index (κ3) is 1.04. The molecule has 2 rings (SSSR count). The lowest BCUT2D eigenvalue weighted by Gasteiger charge is -2.15. The molecule has 0 bridgehead atoms. The van der Waals surface area contributed by atoms with Crippen LogP contribution in [0.4, 0.5) is 5.69 Å². The Kier molecular flexibility index (Phi) is 1.70. The van der Waals surface area contributed by atoms with Gasteiger partial charge in [-0.15, -0.1) is 0 Å². The van der Waals surface area contributed by atoms with Gasteiger partial charge in [-0.1, -0.05) is 12.1 Å². The SMILES string of the molecule is N=C1CC(=O)c2c(N)cccc2C1=O. The number of anilines is 1. The van der Waals surface area contributed by atoms with Crippen LogP contribution in [0.5, 0.6) is 0 Å². The van der Waals surface area contributed by atoms with Crippen LogP contribution in [0.3, 0.4) is 0 Å². The van der Waals surface area contributed by atoms with E-state index in [9.17, 15) is 9.59 Å². The molecule has 1 aliphatic rings. The summed E-state index contributed by atoms with van der Waals surface area (Å²) in [5, 5.41) is 7.32. The predicted molar refractivity (Wildman–Crippen MR) is 51.9 cm³/mol. The molecule has 4 nitrogen and oxygen atoms in total. The highest BCUT2D eigenvalue weighted by Gasteiger charge is 2.29. The third-order valence-electron chi connectivity index (χ3n) is 2.23. The Bertz CT molecular complexity index is 463. The van der Waals surface area contributed by atoms with Crippen LogP contribution in [0.15, 0.2) is 18.2 Å². The molecule has 0 saturated carbocycles. The van der Waals surface area contributed by atoms with E-state index in [4.69, 9.17) is 11.1 Å². The molecule has 0 aromatic heterocycles. The van der Waals surface area contributed by atoms with Gasteiger partial charge < -0.3 is 11.1 Å². The molecule has 0 atom stereocenters. The van der Waals surface area contributed by atoms with Crippen molar-refractivity contribution in [2.45, 2.75) is 6.42 Å². The predicted octanol–water partition coefficient (Wildman–Crippen LogP) is 1.06. The minimum atomic E-state index is -0.396. The summed E-state index contributed by atoms with van der Waals surface area (Å²) in [4.78, 5) is 23.0. The molecule has 0 amide bonds. The molecule has 14 heavy (non-hydrogen) atoms. The van der Waals surface area contributed by atoms with Gasteiger partial charge in [0, 0.05) is 11.3 Å². The first-order valence-electron chi connectivity index (χ1n) is 4.15. The fourth-order valence-corrected chi connectivity index (χ4v) is 1.56. The van der Waals surface area contributed by atoms with Gasteiger partial charge in [0.25, 0.3) is 0 Å². The normalized spacial score (nSPS) is 15.6. The average molecular weight is 188 g/mol. The first-order chi connectivity index (χ1) is 6.61. The Morgan fingerprint density at radius 2 is 2.00 bits per heavy atom. The maximum absolute atomic E-state index is 11.5. The van der Waals surface area contributed by atoms with Crippen molar-refractivity contribution in [2.75, 3.05) is 5.73 Å². The molecule has 0 saturated heterocycles. The number of nitrogen functional groups attached to an aromatic ring is 1. The van der Waals surface area contributed by atoms with E-state index in [-0.39, 0.29) is 29.0 Å². The van der Waals surface area contributed by atoms with Gasteiger partial charge in [-0.3, -0.25) is 9.59 Å². The van der Waals surface area contributed by atoms with Crippen LogP contribution in [0.1, 0.15) is 27.1 Å². The topological polar surface area (TPSA) is 84.0 Å². The number of nitrogens with one attached hydrogen (secondary N) is 1. The van der Waals surface area contributed by atoms with Crippen LogP contribution >= 0.6 is 0 Å². The number of benzene rings is 1. The summed E-state index contributed by atoms with van der Waals surface area (Å²) in [5.74, 6) is -0.644. The van der Waals surface area contributed by atoms with Crippen LogP contribution in [0.25, 0.3) is 0 Å². The lowest BCUT2D eigenvalue weighted by molar-refractivity contribution is 0.0965. The van der Waals surface area contributed by atoms with Gasteiger partial charge in [0.1, 0.15) is 0 Å². The Hall–Kier alpha value is -1.97. The van der Waals surface area contributed by atoms with Crippen molar-refractivity contribution >= 4 is 23.0 Å². The maximum atomic E-state index is 11.5. The minimum Gasteiger partial charge on any atom is -0.398 e. The molecular formula is C10H8N2O2. The van der Waals surface area contributed by atoms with E-state index in [0.29, 0.717) is 5.69 Å². The molecule has 1 aromatic rings. The van der Waals surface area contributed by atoms with Gasteiger partial charge in [0.2, 0.25) is 5.78 Å². The summed E-state index contributed by atoms with van der Waals surface area (Å²) in [6, 6.07) is 4.72. The standard InChI is InChI=1S/C10H8N2O2/c11-6-3-1-2-5-9(6)8(13)4-7(12)10(5)14/h1-3,12H,4,11H2. The van der Waals surface area contributed by atoms with E-state index in [0.717, 1.165) is 0 Å². The van der Waals surface area contributed by atoms with Crippen molar-refractivity contribution < 1.29 is 9.59 Å². The molecule has 4 heteroatoms. The smallest absolute Gasteiger partial charge is 0.207 e. The number of ketones is 2. The second-order valence-electron chi connectivity index (χ2n) is 3.18. The molecular weight excluding hydrogens is 180 g/mol. The second-order valence-corrected chi connectivity index (χ2v) is 3.18. The Morgan fingerprint density at radius 1 is 1.29 bits per heavy atom. The molecule has 70 valence electrons. The van der Waals surface area contributed by atoms with Crippen molar-refractivity contribution in [3.63, 3.8) is 0 Å². The number of carbonyl (C=O) groups is 2. The number of nitrogens with two attached hydrogens (primary N) is 1. The maximum Gasteiger partial charge on any atom is 0.207 e. The summed E-state index contributed by atoms with van der Waals surface area (Å²) in [6.45, 7) is 0. The van der Waals surface area contributed by atoms with Crippen LogP contribution < -0.4 is 5.73 Å². The first-order valence-corrected chi connectivity index (χ1v) is 4.15. The average Bonchev–Trinajstić information content (AvgIpc) is 2.14. The molecule has 0 heterocycles. The van der Waals surface area contributed by atoms with Gasteiger partial charge in [-0.2, -0.15) is 0 Å².